The molecular weight excluding hydrogens is 208 g/mol. The molecule has 0 aromatic carbocycles. The minimum Gasteiger partial charge on any atom is -0.379 e. The molecule has 1 fully saturated rings. The number of thiocarbonyl (C=S) groups is 1. The van der Waals surface area contributed by atoms with E-state index in [0.29, 0.717) is 18.1 Å². The average Bonchev–Trinajstić information content (AvgIpc) is 2.17. The molecule has 1 heterocycles. The summed E-state index contributed by atoms with van der Waals surface area (Å²) in [5.41, 5.74) is 0. The fourth-order valence-corrected chi connectivity index (χ4v) is 2.26. The molecule has 0 aliphatic carbocycles. The van der Waals surface area contributed by atoms with Crippen LogP contribution in [0.5, 0.6) is 0 Å². The molecule has 0 spiro atoms. The fourth-order valence-electron chi connectivity index (χ4n) is 1.86. The molecule has 0 bridgehead atoms. The Morgan fingerprint density at radius 3 is 2.73 bits per heavy atom. The number of nitrogens with zero attached hydrogens (tertiary/aromatic N) is 1. The van der Waals surface area contributed by atoms with E-state index in [2.05, 4.69) is 31.0 Å². The van der Waals surface area contributed by atoms with Crippen LogP contribution in [-0.4, -0.2) is 42.4 Å². The average molecular weight is 230 g/mol. The first-order chi connectivity index (χ1) is 7.04. The minimum atomic E-state index is 0.311. The number of piperidine rings is 1. The van der Waals surface area contributed by atoms with Gasteiger partial charge >= 0.3 is 0 Å². The highest BCUT2D eigenvalue weighted by Crippen LogP contribution is 2.19. The van der Waals surface area contributed by atoms with E-state index in [1.807, 2.05) is 0 Å². The van der Waals surface area contributed by atoms with Gasteiger partial charge in [-0.05, 0) is 38.4 Å². The van der Waals surface area contributed by atoms with Crippen LogP contribution in [0.25, 0.3) is 0 Å². The van der Waals surface area contributed by atoms with Crippen molar-refractivity contribution >= 4 is 17.3 Å². The van der Waals surface area contributed by atoms with Crippen LogP contribution in [-0.2, 0) is 4.74 Å². The summed E-state index contributed by atoms with van der Waals surface area (Å²) < 4.78 is 5.46. The van der Waals surface area contributed by atoms with E-state index in [1.54, 1.807) is 7.11 Å². The molecule has 0 aromatic heterocycles. The van der Waals surface area contributed by atoms with Gasteiger partial charge in [-0.15, -0.1) is 0 Å². The predicted molar refractivity (Wildman–Crippen MR) is 67.0 cm³/mol. The van der Waals surface area contributed by atoms with E-state index >= 15 is 0 Å². The summed E-state index contributed by atoms with van der Waals surface area (Å²) in [6.07, 6.45) is 1.46. The number of ether oxygens (including phenoxy) is 1. The second kappa shape index (κ2) is 5.66. The van der Waals surface area contributed by atoms with Crippen LogP contribution in [0.2, 0.25) is 0 Å². The van der Waals surface area contributed by atoms with Gasteiger partial charge in [0.05, 0.1) is 6.10 Å². The molecule has 0 aromatic rings. The second-order valence-corrected chi connectivity index (χ2v) is 4.98. The molecule has 0 amide bonds. The van der Waals surface area contributed by atoms with Crippen LogP contribution in [0.15, 0.2) is 0 Å². The van der Waals surface area contributed by atoms with Crippen molar-refractivity contribution in [3.05, 3.63) is 0 Å². The van der Waals surface area contributed by atoms with E-state index in [4.69, 9.17) is 17.0 Å². The third-order valence-electron chi connectivity index (χ3n) is 2.89. The molecule has 1 N–H and O–H groups in total. The summed E-state index contributed by atoms with van der Waals surface area (Å²) in [5.74, 6) is 0.632. The molecule has 0 radical (unpaired) electrons. The highest BCUT2D eigenvalue weighted by molar-refractivity contribution is 7.80. The van der Waals surface area contributed by atoms with Gasteiger partial charge in [0, 0.05) is 26.2 Å². The Bertz CT molecular complexity index is 221. The molecule has 2 atom stereocenters. The number of methoxy groups -OCH3 is 1. The van der Waals surface area contributed by atoms with Gasteiger partial charge in [0.25, 0.3) is 0 Å². The van der Waals surface area contributed by atoms with Crippen LogP contribution < -0.4 is 5.32 Å². The molecule has 15 heavy (non-hydrogen) atoms. The largest absolute Gasteiger partial charge is 0.379 e. The predicted octanol–water partition coefficient (Wildman–Crippen LogP) is 1.63. The molecule has 1 rings (SSSR count). The number of rotatable bonds is 2. The quantitative estimate of drug-likeness (QED) is 0.729. The lowest BCUT2D eigenvalue weighted by Gasteiger charge is -2.38. The van der Waals surface area contributed by atoms with Crippen LogP contribution in [0, 0.1) is 5.92 Å². The van der Waals surface area contributed by atoms with E-state index in [1.165, 1.54) is 0 Å². The number of hydrogen-bond donors (Lipinski definition) is 1. The first-order valence-corrected chi connectivity index (χ1v) is 6.03. The second-order valence-electron chi connectivity index (χ2n) is 4.59. The highest BCUT2D eigenvalue weighted by Gasteiger charge is 2.27. The molecule has 88 valence electrons. The number of nitrogens with one attached hydrogen (secondary N) is 1. The molecule has 3 nitrogen and oxygen atoms in total. The van der Waals surface area contributed by atoms with Crippen LogP contribution in [0.1, 0.15) is 27.2 Å². The van der Waals surface area contributed by atoms with E-state index in [0.717, 1.165) is 24.6 Å². The zero-order valence-electron chi connectivity index (χ0n) is 10.1. The zero-order valence-corrected chi connectivity index (χ0v) is 10.9. The van der Waals surface area contributed by atoms with E-state index < -0.39 is 0 Å². The molecule has 1 aliphatic rings. The first-order valence-electron chi connectivity index (χ1n) is 5.62. The van der Waals surface area contributed by atoms with Gasteiger partial charge in [-0.3, -0.25) is 0 Å². The van der Waals surface area contributed by atoms with Crippen molar-refractivity contribution in [3.8, 4) is 0 Å². The van der Waals surface area contributed by atoms with Crippen molar-refractivity contribution in [2.75, 3.05) is 20.2 Å². The van der Waals surface area contributed by atoms with Gasteiger partial charge in [-0.25, -0.2) is 0 Å². The van der Waals surface area contributed by atoms with E-state index in [-0.39, 0.29) is 0 Å². The minimum absolute atomic E-state index is 0.311. The maximum Gasteiger partial charge on any atom is 0.169 e. The summed E-state index contributed by atoms with van der Waals surface area (Å²) in [6.45, 7) is 8.40. The fraction of sp³-hybridized carbons (Fsp3) is 0.909. The monoisotopic (exact) mass is 230 g/mol. The smallest absolute Gasteiger partial charge is 0.169 e. The van der Waals surface area contributed by atoms with Gasteiger partial charge in [0.15, 0.2) is 5.11 Å². The molecule has 1 aliphatic heterocycles. The Labute approximate surface area is 98.2 Å². The van der Waals surface area contributed by atoms with Crippen molar-refractivity contribution < 1.29 is 4.74 Å². The van der Waals surface area contributed by atoms with Gasteiger partial charge in [0.1, 0.15) is 0 Å². The lowest BCUT2D eigenvalue weighted by atomic mass is 9.96. The molecule has 0 saturated carbocycles. The summed E-state index contributed by atoms with van der Waals surface area (Å²) in [5, 5.41) is 4.13. The standard InChI is InChI=1S/C11H22N2OS/c1-8(2)12-11(15)13-6-5-9(3)10(7-13)14-4/h8-10H,5-7H2,1-4H3,(H,12,15). The van der Waals surface area contributed by atoms with Crippen LogP contribution in [0.4, 0.5) is 0 Å². The Balaban J connectivity index is 2.47. The SMILES string of the molecule is COC1CN(C(=S)NC(C)C)CCC1C. The molecular formula is C11H22N2OS. The van der Waals surface area contributed by atoms with Crippen LogP contribution in [0.3, 0.4) is 0 Å². The maximum atomic E-state index is 5.46. The van der Waals surface area contributed by atoms with Crippen molar-refractivity contribution in [1.82, 2.24) is 10.2 Å². The van der Waals surface area contributed by atoms with E-state index in [9.17, 15) is 0 Å². The molecule has 1 saturated heterocycles. The Kier molecular flexibility index (Phi) is 4.80. The van der Waals surface area contributed by atoms with Gasteiger partial charge < -0.3 is 15.0 Å². The van der Waals surface area contributed by atoms with Gasteiger partial charge in [0.2, 0.25) is 0 Å². The number of likely N-dealkylation sites (tertiary alicyclic amines) is 1. The van der Waals surface area contributed by atoms with Gasteiger partial charge in [-0.2, -0.15) is 0 Å². The highest BCUT2D eigenvalue weighted by atomic mass is 32.1. The maximum absolute atomic E-state index is 5.46. The number of hydrogen-bond acceptors (Lipinski definition) is 2. The summed E-state index contributed by atoms with van der Waals surface area (Å²) in [7, 11) is 1.78. The molecule has 2 unspecified atom stereocenters. The summed E-state index contributed by atoms with van der Waals surface area (Å²) in [6, 6.07) is 0.401. The van der Waals surface area contributed by atoms with Crippen molar-refractivity contribution in [1.29, 1.82) is 0 Å². The third-order valence-corrected chi connectivity index (χ3v) is 3.27. The summed E-state index contributed by atoms with van der Waals surface area (Å²) in [4.78, 5) is 2.21. The zero-order chi connectivity index (χ0) is 11.4. The Morgan fingerprint density at radius 1 is 1.53 bits per heavy atom. The first kappa shape index (κ1) is 12.7. The van der Waals surface area contributed by atoms with Gasteiger partial charge in [-0.1, -0.05) is 6.92 Å². The Hall–Kier alpha value is -0.350. The Morgan fingerprint density at radius 2 is 2.20 bits per heavy atom. The van der Waals surface area contributed by atoms with Crippen molar-refractivity contribution in [3.63, 3.8) is 0 Å². The lowest BCUT2D eigenvalue weighted by molar-refractivity contribution is 0.0146. The van der Waals surface area contributed by atoms with Crippen LogP contribution >= 0.6 is 12.2 Å². The summed E-state index contributed by atoms with van der Waals surface area (Å²) >= 11 is 5.35. The molecule has 4 heteroatoms. The van der Waals surface area contributed by atoms with Crippen molar-refractivity contribution in [2.45, 2.75) is 39.3 Å². The lowest BCUT2D eigenvalue weighted by Crippen LogP contribution is -2.51. The van der Waals surface area contributed by atoms with Crippen molar-refractivity contribution in [2.24, 2.45) is 5.92 Å². The topological polar surface area (TPSA) is 24.5 Å². The normalized spacial score (nSPS) is 26.9. The third kappa shape index (κ3) is 3.61.